The molecule has 3 rings (SSSR count). The third-order valence-electron chi connectivity index (χ3n) is 3.95. The van der Waals surface area contributed by atoms with Gasteiger partial charge >= 0.3 is 0 Å². The lowest BCUT2D eigenvalue weighted by molar-refractivity contribution is -0.127. The van der Waals surface area contributed by atoms with Gasteiger partial charge in [0.2, 0.25) is 11.7 Å². The largest absolute Gasteiger partial charge is 0.493 e. The summed E-state index contributed by atoms with van der Waals surface area (Å²) in [6.07, 6.45) is 3.39. The Bertz CT molecular complexity index is 604. The molecule has 7 heteroatoms. The number of nitrogens with zero attached hydrogens (tertiary/aromatic N) is 1. The maximum Gasteiger partial charge on any atom is 0.246 e. The highest BCUT2D eigenvalue weighted by molar-refractivity contribution is 5.92. The molecule has 1 N–H and O–H groups in total. The molecule has 0 bridgehead atoms. The molecular formula is C17H23ClN2O4. The quantitative estimate of drug-likeness (QED) is 0.838. The van der Waals surface area contributed by atoms with E-state index in [0.717, 1.165) is 25.2 Å². The summed E-state index contributed by atoms with van der Waals surface area (Å²) in [6.45, 7) is 5.40. The first-order valence-corrected chi connectivity index (χ1v) is 7.85. The first-order valence-electron chi connectivity index (χ1n) is 7.85. The molecule has 0 aliphatic carbocycles. The maximum absolute atomic E-state index is 12.3. The molecule has 1 aromatic carbocycles. The molecule has 0 spiro atoms. The Morgan fingerprint density at radius 1 is 1.38 bits per heavy atom. The van der Waals surface area contributed by atoms with Crippen molar-refractivity contribution < 1.29 is 19.0 Å². The van der Waals surface area contributed by atoms with E-state index < -0.39 is 0 Å². The Labute approximate surface area is 148 Å². The minimum atomic E-state index is 0. The van der Waals surface area contributed by atoms with Crippen molar-refractivity contribution in [2.45, 2.75) is 13.0 Å². The van der Waals surface area contributed by atoms with E-state index in [9.17, 15) is 4.79 Å². The number of halogens is 1. The van der Waals surface area contributed by atoms with Crippen LogP contribution in [0.15, 0.2) is 18.2 Å². The summed E-state index contributed by atoms with van der Waals surface area (Å²) in [5.74, 6) is 1.91. The number of hydrogen-bond acceptors (Lipinski definition) is 5. The zero-order valence-corrected chi connectivity index (χ0v) is 14.7. The van der Waals surface area contributed by atoms with Crippen molar-refractivity contribution in [1.82, 2.24) is 10.2 Å². The van der Waals surface area contributed by atoms with Gasteiger partial charge in [0, 0.05) is 31.8 Å². The monoisotopic (exact) mass is 354 g/mol. The van der Waals surface area contributed by atoms with E-state index in [1.54, 1.807) is 19.3 Å². The summed E-state index contributed by atoms with van der Waals surface area (Å²) in [5.41, 5.74) is 0.850. The van der Waals surface area contributed by atoms with Gasteiger partial charge in [-0.25, -0.2) is 0 Å². The lowest BCUT2D eigenvalue weighted by atomic mass is 10.1. The van der Waals surface area contributed by atoms with Crippen LogP contribution < -0.4 is 19.5 Å². The Morgan fingerprint density at radius 3 is 2.92 bits per heavy atom. The van der Waals surface area contributed by atoms with Crippen LogP contribution in [0.1, 0.15) is 12.5 Å². The van der Waals surface area contributed by atoms with Crippen LogP contribution in [0.2, 0.25) is 0 Å². The normalized spacial score (nSPS) is 19.8. The maximum atomic E-state index is 12.3. The third-order valence-corrected chi connectivity index (χ3v) is 3.95. The molecule has 1 fully saturated rings. The Morgan fingerprint density at radius 2 is 2.17 bits per heavy atom. The Hall–Kier alpha value is -1.92. The second-order valence-corrected chi connectivity index (χ2v) is 5.72. The number of ether oxygens (including phenoxy) is 3. The molecule has 6 nitrogen and oxygen atoms in total. The van der Waals surface area contributed by atoms with Crippen molar-refractivity contribution in [3.05, 3.63) is 23.8 Å². The lowest BCUT2D eigenvalue weighted by Crippen LogP contribution is -2.50. The van der Waals surface area contributed by atoms with Gasteiger partial charge in [-0.15, -0.1) is 12.4 Å². The van der Waals surface area contributed by atoms with E-state index in [1.807, 2.05) is 17.0 Å². The van der Waals surface area contributed by atoms with Crippen LogP contribution in [-0.4, -0.2) is 56.8 Å². The average Bonchev–Trinajstić information content (AvgIpc) is 2.58. The fraction of sp³-hybridized carbons (Fsp3) is 0.471. The summed E-state index contributed by atoms with van der Waals surface area (Å²) in [6, 6.07) is 4.04. The molecule has 2 heterocycles. The van der Waals surface area contributed by atoms with Gasteiger partial charge in [0.1, 0.15) is 13.2 Å². The number of rotatable bonds is 3. The molecule has 1 saturated heterocycles. The smallest absolute Gasteiger partial charge is 0.246 e. The number of carbonyl (C=O) groups is 1. The van der Waals surface area contributed by atoms with E-state index in [4.69, 9.17) is 14.2 Å². The summed E-state index contributed by atoms with van der Waals surface area (Å²) in [4.78, 5) is 14.1. The van der Waals surface area contributed by atoms with Crippen LogP contribution in [0, 0.1) is 0 Å². The van der Waals surface area contributed by atoms with Crippen LogP contribution >= 0.6 is 12.4 Å². The van der Waals surface area contributed by atoms with Crippen molar-refractivity contribution >= 4 is 24.4 Å². The number of fused-ring (bicyclic) bond motifs is 1. The summed E-state index contributed by atoms with van der Waals surface area (Å²) < 4.78 is 16.5. The number of piperazine rings is 1. The van der Waals surface area contributed by atoms with Gasteiger partial charge in [0.05, 0.1) is 7.11 Å². The Kier molecular flexibility index (Phi) is 6.34. The van der Waals surface area contributed by atoms with Crippen LogP contribution in [-0.2, 0) is 4.79 Å². The molecule has 1 atom stereocenters. The topological polar surface area (TPSA) is 60.0 Å². The van der Waals surface area contributed by atoms with Crippen molar-refractivity contribution in [2.24, 2.45) is 0 Å². The zero-order valence-electron chi connectivity index (χ0n) is 13.9. The third kappa shape index (κ3) is 4.13. The van der Waals surface area contributed by atoms with Gasteiger partial charge in [0.25, 0.3) is 0 Å². The first kappa shape index (κ1) is 18.4. The SMILES string of the molecule is COc1cc(/C=C/C(=O)N2CCNC(C)C2)cc2c1OCCO2.Cl. The fourth-order valence-corrected chi connectivity index (χ4v) is 2.80. The second kappa shape index (κ2) is 8.26. The standard InChI is InChI=1S/C17H22N2O4.ClH/c1-12-11-19(6-5-18-12)16(20)4-3-13-9-14(21-2)17-15(10-13)22-7-8-23-17;/h3-4,9-10,12,18H,5-8,11H2,1-2H3;1H/b4-3+;. The van der Waals surface area contributed by atoms with E-state index in [-0.39, 0.29) is 18.3 Å². The van der Waals surface area contributed by atoms with Crippen LogP contribution in [0.3, 0.4) is 0 Å². The van der Waals surface area contributed by atoms with E-state index in [2.05, 4.69) is 12.2 Å². The predicted molar refractivity (Wildman–Crippen MR) is 94.3 cm³/mol. The van der Waals surface area contributed by atoms with Crippen molar-refractivity contribution in [3.63, 3.8) is 0 Å². The highest BCUT2D eigenvalue weighted by Gasteiger charge is 2.20. The van der Waals surface area contributed by atoms with Crippen LogP contribution in [0.4, 0.5) is 0 Å². The van der Waals surface area contributed by atoms with Gasteiger partial charge in [-0.05, 0) is 30.7 Å². The molecule has 0 radical (unpaired) electrons. The molecule has 2 aliphatic rings. The molecule has 24 heavy (non-hydrogen) atoms. The molecular weight excluding hydrogens is 332 g/mol. The zero-order chi connectivity index (χ0) is 16.2. The van der Waals surface area contributed by atoms with Gasteiger partial charge in [-0.1, -0.05) is 0 Å². The predicted octanol–water partition coefficient (Wildman–Crippen LogP) is 1.72. The van der Waals surface area contributed by atoms with Crippen LogP contribution in [0.25, 0.3) is 6.08 Å². The van der Waals surface area contributed by atoms with Crippen molar-refractivity contribution in [1.29, 1.82) is 0 Å². The minimum absolute atomic E-state index is 0. The van der Waals surface area contributed by atoms with Crippen molar-refractivity contribution in [3.8, 4) is 17.2 Å². The number of benzene rings is 1. The average molecular weight is 355 g/mol. The van der Waals surface area contributed by atoms with Gasteiger partial charge in [-0.3, -0.25) is 4.79 Å². The number of nitrogens with one attached hydrogen (secondary N) is 1. The number of methoxy groups -OCH3 is 1. The van der Waals surface area contributed by atoms with E-state index in [1.165, 1.54) is 0 Å². The van der Waals surface area contributed by atoms with Crippen molar-refractivity contribution in [2.75, 3.05) is 40.0 Å². The fourth-order valence-electron chi connectivity index (χ4n) is 2.80. The second-order valence-electron chi connectivity index (χ2n) is 5.72. The lowest BCUT2D eigenvalue weighted by Gasteiger charge is -2.31. The Balaban J connectivity index is 0.00000208. The summed E-state index contributed by atoms with van der Waals surface area (Å²) in [5, 5.41) is 3.32. The molecule has 0 saturated carbocycles. The molecule has 2 aliphatic heterocycles. The summed E-state index contributed by atoms with van der Waals surface area (Å²) in [7, 11) is 1.59. The molecule has 1 unspecified atom stereocenters. The molecule has 1 aromatic rings. The number of hydrogen-bond donors (Lipinski definition) is 1. The first-order chi connectivity index (χ1) is 11.2. The number of carbonyl (C=O) groups excluding carboxylic acids is 1. The van der Waals surface area contributed by atoms with Gasteiger partial charge < -0.3 is 24.4 Å². The van der Waals surface area contributed by atoms with Gasteiger partial charge in [0.15, 0.2) is 11.5 Å². The van der Waals surface area contributed by atoms with Crippen LogP contribution in [0.5, 0.6) is 17.2 Å². The highest BCUT2D eigenvalue weighted by atomic mass is 35.5. The molecule has 1 amide bonds. The number of amides is 1. The summed E-state index contributed by atoms with van der Waals surface area (Å²) >= 11 is 0. The molecule has 132 valence electrons. The highest BCUT2D eigenvalue weighted by Crippen LogP contribution is 2.40. The minimum Gasteiger partial charge on any atom is -0.493 e. The molecule has 0 aromatic heterocycles. The van der Waals surface area contributed by atoms with E-state index >= 15 is 0 Å². The van der Waals surface area contributed by atoms with E-state index in [0.29, 0.717) is 36.5 Å². The van der Waals surface area contributed by atoms with Gasteiger partial charge in [-0.2, -0.15) is 0 Å².